The zero-order valence-electron chi connectivity index (χ0n) is 12.9. The average Bonchev–Trinajstić information content (AvgIpc) is 2.48. The van der Waals surface area contributed by atoms with Gasteiger partial charge in [0.25, 0.3) is 0 Å². The molecule has 1 atom stereocenters. The molecule has 0 saturated carbocycles. The van der Waals surface area contributed by atoms with Crippen LogP contribution in [0.2, 0.25) is 0 Å². The number of ether oxygens (including phenoxy) is 1. The Morgan fingerprint density at radius 1 is 1.24 bits per heavy atom. The Labute approximate surface area is 126 Å². The van der Waals surface area contributed by atoms with Crippen LogP contribution in [0.1, 0.15) is 29.8 Å². The highest BCUT2D eigenvalue weighted by atomic mass is 16.5. The van der Waals surface area contributed by atoms with Gasteiger partial charge in [0.1, 0.15) is 5.75 Å². The van der Waals surface area contributed by atoms with E-state index in [1.807, 2.05) is 43.5 Å². The van der Waals surface area contributed by atoms with Gasteiger partial charge in [-0.15, -0.1) is 0 Å². The van der Waals surface area contributed by atoms with E-state index in [4.69, 9.17) is 10.5 Å². The van der Waals surface area contributed by atoms with Crippen molar-refractivity contribution in [3.05, 3.63) is 59.4 Å². The van der Waals surface area contributed by atoms with Crippen LogP contribution < -0.4 is 10.5 Å². The Morgan fingerprint density at radius 2 is 2.05 bits per heavy atom. The SMILES string of the molecule is COc1ccc(C(C)N)cc1CN(C)Cc1ccccn1. The van der Waals surface area contributed by atoms with Crippen molar-refractivity contribution in [2.24, 2.45) is 5.73 Å². The molecule has 0 amide bonds. The van der Waals surface area contributed by atoms with Gasteiger partial charge in [0, 0.05) is 30.9 Å². The van der Waals surface area contributed by atoms with Crippen LogP contribution in [0.3, 0.4) is 0 Å². The number of hydrogen-bond donors (Lipinski definition) is 1. The van der Waals surface area contributed by atoms with E-state index in [9.17, 15) is 0 Å². The second kappa shape index (κ2) is 7.20. The van der Waals surface area contributed by atoms with Crippen molar-refractivity contribution in [1.82, 2.24) is 9.88 Å². The minimum atomic E-state index is 0.0238. The quantitative estimate of drug-likeness (QED) is 0.886. The fraction of sp³-hybridized carbons (Fsp3) is 0.353. The summed E-state index contributed by atoms with van der Waals surface area (Å²) in [5, 5.41) is 0. The maximum atomic E-state index is 5.96. The van der Waals surface area contributed by atoms with Gasteiger partial charge in [0.15, 0.2) is 0 Å². The van der Waals surface area contributed by atoms with Crippen molar-refractivity contribution < 1.29 is 4.74 Å². The highest BCUT2D eigenvalue weighted by Gasteiger charge is 2.10. The van der Waals surface area contributed by atoms with E-state index in [0.717, 1.165) is 35.7 Å². The smallest absolute Gasteiger partial charge is 0.123 e. The number of rotatable bonds is 6. The monoisotopic (exact) mass is 285 g/mol. The van der Waals surface area contributed by atoms with Crippen molar-refractivity contribution in [2.45, 2.75) is 26.1 Å². The summed E-state index contributed by atoms with van der Waals surface area (Å²) in [5.41, 5.74) is 9.29. The Bertz CT molecular complexity index is 570. The first-order valence-corrected chi connectivity index (χ1v) is 7.11. The van der Waals surface area contributed by atoms with Gasteiger partial charge in [-0.25, -0.2) is 0 Å². The minimum Gasteiger partial charge on any atom is -0.496 e. The largest absolute Gasteiger partial charge is 0.496 e. The van der Waals surface area contributed by atoms with Crippen LogP contribution in [0, 0.1) is 0 Å². The Morgan fingerprint density at radius 3 is 2.67 bits per heavy atom. The van der Waals surface area contributed by atoms with Crippen molar-refractivity contribution in [3.63, 3.8) is 0 Å². The molecule has 2 aromatic rings. The first-order valence-electron chi connectivity index (χ1n) is 7.11. The summed E-state index contributed by atoms with van der Waals surface area (Å²) in [7, 11) is 3.77. The summed E-state index contributed by atoms with van der Waals surface area (Å²) in [6.45, 7) is 3.58. The molecule has 1 aromatic carbocycles. The summed E-state index contributed by atoms with van der Waals surface area (Å²) >= 11 is 0. The lowest BCUT2D eigenvalue weighted by molar-refractivity contribution is 0.306. The molecule has 0 fully saturated rings. The molecule has 2 N–H and O–H groups in total. The Balaban J connectivity index is 2.12. The summed E-state index contributed by atoms with van der Waals surface area (Å²) in [4.78, 5) is 6.57. The summed E-state index contributed by atoms with van der Waals surface area (Å²) < 4.78 is 5.45. The summed E-state index contributed by atoms with van der Waals surface area (Å²) in [6.07, 6.45) is 1.82. The average molecular weight is 285 g/mol. The molecule has 0 radical (unpaired) electrons. The van der Waals surface area contributed by atoms with E-state index in [-0.39, 0.29) is 6.04 Å². The van der Waals surface area contributed by atoms with Crippen LogP contribution in [0.25, 0.3) is 0 Å². The van der Waals surface area contributed by atoms with Gasteiger partial charge in [0.2, 0.25) is 0 Å². The van der Waals surface area contributed by atoms with Gasteiger partial charge in [-0.2, -0.15) is 0 Å². The van der Waals surface area contributed by atoms with Gasteiger partial charge in [-0.05, 0) is 43.8 Å². The molecule has 4 heteroatoms. The number of pyridine rings is 1. The van der Waals surface area contributed by atoms with Crippen LogP contribution in [0.5, 0.6) is 5.75 Å². The van der Waals surface area contributed by atoms with Crippen molar-refractivity contribution in [3.8, 4) is 5.75 Å². The molecule has 112 valence electrons. The first-order chi connectivity index (χ1) is 10.1. The van der Waals surface area contributed by atoms with Gasteiger partial charge in [0.05, 0.1) is 12.8 Å². The van der Waals surface area contributed by atoms with E-state index < -0.39 is 0 Å². The molecule has 1 aromatic heterocycles. The van der Waals surface area contributed by atoms with E-state index in [1.165, 1.54) is 0 Å². The van der Waals surface area contributed by atoms with Crippen LogP contribution >= 0.6 is 0 Å². The van der Waals surface area contributed by atoms with E-state index in [0.29, 0.717) is 0 Å². The molecule has 0 aliphatic heterocycles. The third-order valence-corrected chi connectivity index (χ3v) is 3.43. The number of methoxy groups -OCH3 is 1. The molecular weight excluding hydrogens is 262 g/mol. The first kappa shape index (κ1) is 15.5. The second-order valence-electron chi connectivity index (χ2n) is 5.35. The molecule has 0 bridgehead atoms. The van der Waals surface area contributed by atoms with Gasteiger partial charge >= 0.3 is 0 Å². The summed E-state index contributed by atoms with van der Waals surface area (Å²) in [6, 6.07) is 12.1. The second-order valence-corrected chi connectivity index (χ2v) is 5.35. The molecule has 0 spiro atoms. The molecule has 2 rings (SSSR count). The number of hydrogen-bond acceptors (Lipinski definition) is 4. The normalized spacial score (nSPS) is 12.4. The fourth-order valence-corrected chi connectivity index (χ4v) is 2.32. The van der Waals surface area contributed by atoms with E-state index >= 15 is 0 Å². The molecule has 0 aliphatic carbocycles. The zero-order chi connectivity index (χ0) is 15.2. The summed E-state index contributed by atoms with van der Waals surface area (Å²) in [5.74, 6) is 0.896. The number of nitrogens with two attached hydrogens (primary N) is 1. The maximum absolute atomic E-state index is 5.96. The van der Waals surface area contributed by atoms with Crippen LogP contribution in [0.15, 0.2) is 42.6 Å². The van der Waals surface area contributed by atoms with E-state index in [1.54, 1.807) is 7.11 Å². The number of aromatic nitrogens is 1. The fourth-order valence-electron chi connectivity index (χ4n) is 2.32. The molecule has 1 heterocycles. The predicted octanol–water partition coefficient (Wildman–Crippen LogP) is 2.74. The van der Waals surface area contributed by atoms with Crippen LogP contribution in [-0.2, 0) is 13.1 Å². The molecule has 4 nitrogen and oxygen atoms in total. The standard InChI is InChI=1S/C17H23N3O/c1-13(18)14-7-8-17(21-3)15(10-14)11-20(2)12-16-6-4-5-9-19-16/h4-10,13H,11-12,18H2,1-3H3. The van der Waals surface area contributed by atoms with Gasteiger partial charge in [-0.3, -0.25) is 9.88 Å². The molecule has 1 unspecified atom stereocenters. The van der Waals surface area contributed by atoms with Crippen LogP contribution in [-0.4, -0.2) is 24.0 Å². The highest BCUT2D eigenvalue weighted by molar-refractivity contribution is 5.38. The molecule has 21 heavy (non-hydrogen) atoms. The number of benzene rings is 1. The molecular formula is C17H23N3O. The van der Waals surface area contributed by atoms with Crippen molar-refractivity contribution >= 4 is 0 Å². The predicted molar refractivity (Wildman–Crippen MR) is 85.0 cm³/mol. The lowest BCUT2D eigenvalue weighted by Gasteiger charge is -2.19. The zero-order valence-corrected chi connectivity index (χ0v) is 12.9. The topological polar surface area (TPSA) is 51.4 Å². The maximum Gasteiger partial charge on any atom is 0.123 e. The van der Waals surface area contributed by atoms with Crippen molar-refractivity contribution in [1.29, 1.82) is 0 Å². The molecule has 0 saturated heterocycles. The minimum absolute atomic E-state index is 0.0238. The van der Waals surface area contributed by atoms with Crippen molar-refractivity contribution in [2.75, 3.05) is 14.2 Å². The highest BCUT2D eigenvalue weighted by Crippen LogP contribution is 2.24. The Hall–Kier alpha value is -1.91. The third-order valence-electron chi connectivity index (χ3n) is 3.43. The van der Waals surface area contributed by atoms with Gasteiger partial charge in [-0.1, -0.05) is 12.1 Å². The lowest BCUT2D eigenvalue weighted by atomic mass is 10.0. The molecule has 0 aliphatic rings. The third kappa shape index (κ3) is 4.28. The van der Waals surface area contributed by atoms with E-state index in [2.05, 4.69) is 23.0 Å². The lowest BCUT2D eigenvalue weighted by Crippen LogP contribution is -2.18. The number of nitrogens with zero attached hydrogens (tertiary/aromatic N) is 2. The Kier molecular flexibility index (Phi) is 5.31. The van der Waals surface area contributed by atoms with Crippen LogP contribution in [0.4, 0.5) is 0 Å². The van der Waals surface area contributed by atoms with Gasteiger partial charge < -0.3 is 10.5 Å².